The summed E-state index contributed by atoms with van der Waals surface area (Å²) in [6.45, 7) is 4.08. The minimum absolute atomic E-state index is 0.386. The number of aliphatic hydroxyl groups is 3. The molecule has 0 saturated carbocycles. The van der Waals surface area contributed by atoms with E-state index < -0.39 is 24.2 Å². The first kappa shape index (κ1) is 44.3. The Kier molecular flexibility index (Phi) is 34.8. The van der Waals surface area contributed by atoms with Gasteiger partial charge >= 0.3 is 0 Å². The molecule has 1 amide bonds. The second kappa shape index (κ2) is 36.2. The van der Waals surface area contributed by atoms with E-state index in [9.17, 15) is 20.1 Å². The van der Waals surface area contributed by atoms with Gasteiger partial charge in [-0.25, -0.2) is 0 Å². The van der Waals surface area contributed by atoms with Gasteiger partial charge in [-0.05, 0) is 64.2 Å². The molecule has 268 valence electrons. The highest BCUT2D eigenvalue weighted by molar-refractivity contribution is 5.80. The Morgan fingerprint density at radius 2 is 0.913 bits per heavy atom. The fourth-order valence-corrected chi connectivity index (χ4v) is 5.49. The summed E-state index contributed by atoms with van der Waals surface area (Å²) in [5.74, 6) is -0.535. The van der Waals surface area contributed by atoms with Gasteiger partial charge in [0, 0.05) is 0 Å². The Morgan fingerprint density at radius 3 is 1.39 bits per heavy atom. The van der Waals surface area contributed by atoms with Crippen LogP contribution in [0, 0.1) is 0 Å². The lowest BCUT2D eigenvalue weighted by Crippen LogP contribution is -2.48. The lowest BCUT2D eigenvalue weighted by molar-refractivity contribution is -0.131. The number of carbonyl (C=O) groups is 1. The van der Waals surface area contributed by atoms with Crippen molar-refractivity contribution in [3.05, 3.63) is 48.6 Å². The summed E-state index contributed by atoms with van der Waals surface area (Å²) >= 11 is 0. The van der Waals surface area contributed by atoms with Crippen LogP contribution in [-0.4, -0.2) is 46.1 Å². The third-order valence-corrected chi connectivity index (χ3v) is 8.62. The predicted molar refractivity (Wildman–Crippen MR) is 199 cm³/mol. The topological polar surface area (TPSA) is 89.8 Å². The Labute approximate surface area is 285 Å². The molecule has 5 nitrogen and oxygen atoms in total. The molecule has 4 N–H and O–H groups in total. The van der Waals surface area contributed by atoms with Crippen molar-refractivity contribution in [3.8, 4) is 0 Å². The first-order chi connectivity index (χ1) is 22.6. The third kappa shape index (κ3) is 30.9. The predicted octanol–water partition coefficient (Wildman–Crippen LogP) is 10.6. The standard InChI is InChI=1S/C41H75NO4/c1-3-5-7-9-11-13-14-15-16-17-18-19-20-21-22-23-24-25-26-28-29-31-33-35-39(44)38(37-43)42-41(46)40(45)36-34-32-30-27-12-10-8-6-4-2/h10,12,22-23,26,28,33,35,38-40,43-45H,3-9,11,13-21,24-25,27,29-32,34,36-37H2,1-2H3,(H,42,46)/b12-10-,23-22+,28-26+,35-33+. The summed E-state index contributed by atoms with van der Waals surface area (Å²) in [6.07, 6.45) is 45.8. The number of carbonyl (C=O) groups excluding carboxylic acids is 1. The first-order valence-corrected chi connectivity index (χ1v) is 19.5. The average Bonchev–Trinajstić information content (AvgIpc) is 3.06. The number of hydrogen-bond donors (Lipinski definition) is 4. The first-order valence-electron chi connectivity index (χ1n) is 19.5. The summed E-state index contributed by atoms with van der Waals surface area (Å²) in [5.41, 5.74) is 0. The molecule has 0 radical (unpaired) electrons. The maximum absolute atomic E-state index is 12.3. The van der Waals surface area contributed by atoms with Gasteiger partial charge in [0.1, 0.15) is 6.10 Å². The van der Waals surface area contributed by atoms with Gasteiger partial charge in [-0.1, -0.05) is 165 Å². The molecule has 5 heteroatoms. The molecule has 0 bridgehead atoms. The van der Waals surface area contributed by atoms with Crippen LogP contribution in [0.1, 0.15) is 181 Å². The van der Waals surface area contributed by atoms with Gasteiger partial charge in [-0.3, -0.25) is 4.79 Å². The summed E-state index contributed by atoms with van der Waals surface area (Å²) < 4.78 is 0. The number of allylic oxidation sites excluding steroid dienone is 7. The minimum atomic E-state index is -1.12. The van der Waals surface area contributed by atoms with E-state index in [2.05, 4.69) is 55.6 Å². The maximum atomic E-state index is 12.3. The van der Waals surface area contributed by atoms with E-state index in [0.717, 1.165) is 57.8 Å². The molecule has 0 heterocycles. The number of nitrogens with one attached hydrogen (secondary N) is 1. The van der Waals surface area contributed by atoms with Crippen LogP contribution < -0.4 is 5.32 Å². The van der Waals surface area contributed by atoms with Gasteiger partial charge in [0.15, 0.2) is 0 Å². The van der Waals surface area contributed by atoms with Crippen LogP contribution >= 0.6 is 0 Å². The van der Waals surface area contributed by atoms with Crippen LogP contribution in [0.15, 0.2) is 48.6 Å². The zero-order chi connectivity index (χ0) is 33.8. The number of rotatable bonds is 34. The van der Waals surface area contributed by atoms with E-state index in [0.29, 0.717) is 6.42 Å². The molecule has 0 aliphatic carbocycles. The Morgan fingerprint density at radius 1 is 0.522 bits per heavy atom. The molecule has 0 rings (SSSR count). The monoisotopic (exact) mass is 646 g/mol. The molecule has 0 aliphatic rings. The van der Waals surface area contributed by atoms with Crippen molar-refractivity contribution in [1.29, 1.82) is 0 Å². The fourth-order valence-electron chi connectivity index (χ4n) is 5.49. The number of amides is 1. The lowest BCUT2D eigenvalue weighted by Gasteiger charge is -2.21. The summed E-state index contributed by atoms with van der Waals surface area (Å²) in [5, 5.41) is 32.8. The van der Waals surface area contributed by atoms with Crippen molar-refractivity contribution < 1.29 is 20.1 Å². The van der Waals surface area contributed by atoms with Crippen LogP contribution in [0.5, 0.6) is 0 Å². The van der Waals surface area contributed by atoms with Crippen LogP contribution in [-0.2, 0) is 4.79 Å². The molecule has 46 heavy (non-hydrogen) atoms. The van der Waals surface area contributed by atoms with Gasteiger partial charge in [-0.15, -0.1) is 0 Å². The number of aliphatic hydroxyl groups excluding tert-OH is 3. The molecule has 0 aromatic rings. The Hall–Kier alpha value is -1.69. The van der Waals surface area contributed by atoms with E-state index in [-0.39, 0.29) is 6.61 Å². The number of hydrogen-bond acceptors (Lipinski definition) is 4. The van der Waals surface area contributed by atoms with Crippen molar-refractivity contribution in [2.24, 2.45) is 0 Å². The average molecular weight is 646 g/mol. The van der Waals surface area contributed by atoms with Crippen LogP contribution in [0.4, 0.5) is 0 Å². The molecule has 0 fully saturated rings. The number of unbranched alkanes of at least 4 members (excludes halogenated alkanes) is 20. The SMILES string of the molecule is CCCC/C=C\CCCCCC(O)C(=O)NC(CO)C(O)/C=C/CC/C=C/CC/C=C/CCCCCCCCCCCCCCC. The molecule has 3 unspecified atom stereocenters. The summed E-state index contributed by atoms with van der Waals surface area (Å²) in [7, 11) is 0. The quantitative estimate of drug-likeness (QED) is 0.0414. The lowest BCUT2D eigenvalue weighted by atomic mass is 10.0. The minimum Gasteiger partial charge on any atom is -0.394 e. The van der Waals surface area contributed by atoms with E-state index in [1.807, 2.05) is 6.08 Å². The van der Waals surface area contributed by atoms with E-state index in [1.165, 1.54) is 103 Å². The van der Waals surface area contributed by atoms with Gasteiger partial charge < -0.3 is 20.6 Å². The van der Waals surface area contributed by atoms with Gasteiger partial charge in [0.25, 0.3) is 0 Å². The van der Waals surface area contributed by atoms with Gasteiger partial charge in [-0.2, -0.15) is 0 Å². The molecular formula is C41H75NO4. The van der Waals surface area contributed by atoms with Crippen molar-refractivity contribution in [1.82, 2.24) is 5.32 Å². The van der Waals surface area contributed by atoms with Gasteiger partial charge in [0.05, 0.1) is 18.8 Å². The molecule has 0 saturated heterocycles. The normalized spacial score (nSPS) is 14.3. The second-order valence-electron chi connectivity index (χ2n) is 13.1. The zero-order valence-electron chi connectivity index (χ0n) is 30.2. The third-order valence-electron chi connectivity index (χ3n) is 8.62. The van der Waals surface area contributed by atoms with E-state index in [1.54, 1.807) is 6.08 Å². The van der Waals surface area contributed by atoms with Gasteiger partial charge in [0.2, 0.25) is 5.91 Å². The zero-order valence-corrected chi connectivity index (χ0v) is 30.2. The largest absolute Gasteiger partial charge is 0.394 e. The Balaban J connectivity index is 3.77. The van der Waals surface area contributed by atoms with Crippen molar-refractivity contribution >= 4 is 5.91 Å². The fraction of sp³-hybridized carbons (Fsp3) is 0.780. The molecule has 0 aliphatic heterocycles. The van der Waals surface area contributed by atoms with Crippen LogP contribution in [0.25, 0.3) is 0 Å². The highest BCUT2D eigenvalue weighted by Crippen LogP contribution is 2.13. The van der Waals surface area contributed by atoms with Crippen molar-refractivity contribution in [2.45, 2.75) is 199 Å². The molecule has 0 spiro atoms. The highest BCUT2D eigenvalue weighted by Gasteiger charge is 2.22. The highest BCUT2D eigenvalue weighted by atomic mass is 16.3. The summed E-state index contributed by atoms with van der Waals surface area (Å²) in [4.78, 5) is 12.3. The maximum Gasteiger partial charge on any atom is 0.249 e. The van der Waals surface area contributed by atoms with E-state index >= 15 is 0 Å². The summed E-state index contributed by atoms with van der Waals surface area (Å²) in [6, 6.07) is -0.825. The van der Waals surface area contributed by atoms with E-state index in [4.69, 9.17) is 0 Å². The molecule has 3 atom stereocenters. The van der Waals surface area contributed by atoms with Crippen molar-refractivity contribution in [3.63, 3.8) is 0 Å². The second-order valence-corrected chi connectivity index (χ2v) is 13.1. The molecular weight excluding hydrogens is 570 g/mol. The molecule has 0 aromatic carbocycles. The molecule has 0 aromatic heterocycles. The van der Waals surface area contributed by atoms with Crippen molar-refractivity contribution in [2.75, 3.05) is 6.61 Å². The van der Waals surface area contributed by atoms with Crippen LogP contribution in [0.3, 0.4) is 0 Å². The smallest absolute Gasteiger partial charge is 0.249 e. The Bertz CT molecular complexity index is 760. The van der Waals surface area contributed by atoms with Crippen LogP contribution in [0.2, 0.25) is 0 Å².